The van der Waals surface area contributed by atoms with Gasteiger partial charge < -0.3 is 10.5 Å². The highest BCUT2D eigenvalue weighted by Crippen LogP contribution is 2.29. The number of nitrogens with two attached hydrogens (primary N) is 1. The first kappa shape index (κ1) is 15.4. The van der Waals surface area contributed by atoms with Gasteiger partial charge in [-0.05, 0) is 36.0 Å². The van der Waals surface area contributed by atoms with E-state index in [2.05, 4.69) is 11.6 Å². The molecule has 1 fully saturated rings. The second-order valence-electron chi connectivity index (χ2n) is 5.60. The van der Waals surface area contributed by atoms with Crippen molar-refractivity contribution in [2.75, 3.05) is 19.8 Å². The molecule has 112 valence electrons. The highest BCUT2D eigenvalue weighted by Gasteiger charge is 2.29. The summed E-state index contributed by atoms with van der Waals surface area (Å²) in [5.41, 5.74) is 6.40. The van der Waals surface area contributed by atoms with Gasteiger partial charge in [-0.2, -0.15) is 0 Å². The first-order chi connectivity index (χ1) is 9.45. The predicted molar refractivity (Wildman–Crippen MR) is 77.7 cm³/mol. The van der Waals surface area contributed by atoms with Gasteiger partial charge in [-0.25, -0.2) is 13.1 Å². The average molecular weight is 298 g/mol. The molecule has 1 aliphatic rings. The maximum Gasteiger partial charge on any atom is 0.240 e. The molecule has 2 rings (SSSR count). The fourth-order valence-corrected chi connectivity index (χ4v) is 3.40. The molecule has 1 saturated heterocycles. The lowest BCUT2D eigenvalue weighted by atomic mass is 9.83. The van der Waals surface area contributed by atoms with Gasteiger partial charge >= 0.3 is 0 Å². The number of rotatable bonds is 5. The van der Waals surface area contributed by atoms with Gasteiger partial charge in [0.2, 0.25) is 10.0 Å². The molecule has 5 nitrogen and oxygen atoms in total. The third-order valence-corrected chi connectivity index (χ3v) is 5.28. The van der Waals surface area contributed by atoms with Crippen LogP contribution in [0.1, 0.15) is 25.3 Å². The molecule has 1 aliphatic heterocycles. The van der Waals surface area contributed by atoms with Crippen LogP contribution < -0.4 is 10.5 Å². The van der Waals surface area contributed by atoms with Crippen LogP contribution in [0.4, 0.5) is 0 Å². The molecule has 0 aliphatic carbocycles. The van der Waals surface area contributed by atoms with Crippen LogP contribution in [0.15, 0.2) is 29.2 Å². The summed E-state index contributed by atoms with van der Waals surface area (Å²) in [6.45, 7) is 4.34. The van der Waals surface area contributed by atoms with Crippen LogP contribution in [0.5, 0.6) is 0 Å². The lowest BCUT2D eigenvalue weighted by molar-refractivity contribution is 0.0265. The Morgan fingerprint density at radius 1 is 1.25 bits per heavy atom. The minimum atomic E-state index is -3.45. The highest BCUT2D eigenvalue weighted by molar-refractivity contribution is 7.89. The van der Waals surface area contributed by atoms with Gasteiger partial charge in [-0.1, -0.05) is 19.1 Å². The molecule has 1 aromatic carbocycles. The monoisotopic (exact) mass is 298 g/mol. The third-order valence-electron chi connectivity index (χ3n) is 3.86. The van der Waals surface area contributed by atoms with E-state index in [0.717, 1.165) is 18.4 Å². The van der Waals surface area contributed by atoms with Crippen LogP contribution in [0.2, 0.25) is 0 Å². The predicted octanol–water partition coefficient (Wildman–Crippen LogP) is 1.24. The van der Waals surface area contributed by atoms with E-state index in [1.807, 2.05) is 0 Å². The summed E-state index contributed by atoms with van der Waals surface area (Å²) in [4.78, 5) is 0.283. The normalized spacial score (nSPS) is 18.9. The summed E-state index contributed by atoms with van der Waals surface area (Å²) in [7, 11) is -3.45. The second kappa shape index (κ2) is 6.22. The van der Waals surface area contributed by atoms with Crippen LogP contribution in [-0.4, -0.2) is 28.2 Å². The van der Waals surface area contributed by atoms with Crippen molar-refractivity contribution < 1.29 is 13.2 Å². The summed E-state index contributed by atoms with van der Waals surface area (Å²) in [5.74, 6) is 0. The van der Waals surface area contributed by atoms with Gasteiger partial charge in [-0.3, -0.25) is 0 Å². The zero-order valence-electron chi connectivity index (χ0n) is 11.8. The first-order valence-electron chi connectivity index (χ1n) is 6.82. The van der Waals surface area contributed by atoms with Crippen molar-refractivity contribution in [1.82, 2.24) is 4.72 Å². The minimum Gasteiger partial charge on any atom is -0.381 e. The molecule has 0 spiro atoms. The van der Waals surface area contributed by atoms with Crippen LogP contribution in [0.25, 0.3) is 0 Å². The van der Waals surface area contributed by atoms with Crippen molar-refractivity contribution in [3.8, 4) is 0 Å². The molecular formula is C14H22N2O3S. The highest BCUT2D eigenvalue weighted by atomic mass is 32.2. The average Bonchev–Trinajstić information content (AvgIpc) is 2.46. The number of nitrogens with one attached hydrogen (secondary N) is 1. The lowest BCUT2D eigenvalue weighted by Crippen LogP contribution is -2.39. The van der Waals surface area contributed by atoms with Crippen LogP contribution in [0, 0.1) is 5.41 Å². The summed E-state index contributed by atoms with van der Waals surface area (Å²) in [6, 6.07) is 6.67. The molecule has 6 heteroatoms. The van der Waals surface area contributed by atoms with Crippen LogP contribution >= 0.6 is 0 Å². The van der Waals surface area contributed by atoms with Gasteiger partial charge in [0.15, 0.2) is 0 Å². The van der Waals surface area contributed by atoms with E-state index in [9.17, 15) is 8.42 Å². The van der Waals surface area contributed by atoms with Crippen molar-refractivity contribution in [3.63, 3.8) is 0 Å². The number of ether oxygens (including phenoxy) is 1. The molecule has 0 amide bonds. The standard InChI is InChI=1S/C14H22N2O3S/c1-14(6-8-19-9-7-14)11-16-20(17,18)13-4-2-12(10-15)3-5-13/h2-5,16H,6-11,15H2,1H3. The molecule has 20 heavy (non-hydrogen) atoms. The van der Waals surface area contributed by atoms with Gasteiger partial charge in [0, 0.05) is 26.3 Å². The fourth-order valence-electron chi connectivity index (χ4n) is 2.20. The Balaban J connectivity index is 2.02. The molecule has 0 unspecified atom stereocenters. The van der Waals surface area contributed by atoms with E-state index in [1.54, 1.807) is 24.3 Å². The van der Waals surface area contributed by atoms with E-state index in [4.69, 9.17) is 10.5 Å². The SMILES string of the molecule is CC1(CNS(=O)(=O)c2ccc(CN)cc2)CCOCC1. The van der Waals surface area contributed by atoms with E-state index in [1.165, 1.54) is 0 Å². The van der Waals surface area contributed by atoms with Crippen molar-refractivity contribution in [3.05, 3.63) is 29.8 Å². The van der Waals surface area contributed by atoms with Gasteiger partial charge in [0.1, 0.15) is 0 Å². The molecule has 1 heterocycles. The Hall–Kier alpha value is -0.950. The molecule has 0 atom stereocenters. The molecule has 0 radical (unpaired) electrons. The zero-order valence-corrected chi connectivity index (χ0v) is 12.6. The fraction of sp³-hybridized carbons (Fsp3) is 0.571. The molecule has 0 saturated carbocycles. The van der Waals surface area contributed by atoms with E-state index in [0.29, 0.717) is 26.3 Å². The smallest absolute Gasteiger partial charge is 0.240 e. The number of hydrogen-bond acceptors (Lipinski definition) is 4. The maximum absolute atomic E-state index is 12.2. The van der Waals surface area contributed by atoms with E-state index in [-0.39, 0.29) is 10.3 Å². The Kier molecular flexibility index (Phi) is 4.80. The summed E-state index contributed by atoms with van der Waals surface area (Å²) < 4.78 is 32.5. The maximum atomic E-state index is 12.2. The molecule has 0 aromatic heterocycles. The molecular weight excluding hydrogens is 276 g/mol. The Morgan fingerprint density at radius 2 is 1.85 bits per heavy atom. The van der Waals surface area contributed by atoms with Crippen LogP contribution in [0.3, 0.4) is 0 Å². The number of benzene rings is 1. The van der Waals surface area contributed by atoms with Crippen molar-refractivity contribution in [2.24, 2.45) is 11.1 Å². The van der Waals surface area contributed by atoms with Crippen molar-refractivity contribution in [2.45, 2.75) is 31.2 Å². The summed E-state index contributed by atoms with van der Waals surface area (Å²) in [5, 5.41) is 0. The minimum absolute atomic E-state index is 0.0253. The zero-order chi connectivity index (χ0) is 14.6. The topological polar surface area (TPSA) is 81.4 Å². The quantitative estimate of drug-likeness (QED) is 0.857. The number of sulfonamides is 1. The molecule has 1 aromatic rings. The van der Waals surface area contributed by atoms with Gasteiger partial charge in [-0.15, -0.1) is 0 Å². The summed E-state index contributed by atoms with van der Waals surface area (Å²) >= 11 is 0. The van der Waals surface area contributed by atoms with E-state index >= 15 is 0 Å². The largest absolute Gasteiger partial charge is 0.381 e. The number of hydrogen-bond donors (Lipinski definition) is 2. The Bertz CT molecular complexity index is 534. The summed E-state index contributed by atoms with van der Waals surface area (Å²) in [6.07, 6.45) is 1.75. The Morgan fingerprint density at radius 3 is 2.40 bits per heavy atom. The van der Waals surface area contributed by atoms with Crippen molar-refractivity contribution >= 4 is 10.0 Å². The third kappa shape index (κ3) is 3.79. The van der Waals surface area contributed by atoms with Crippen LogP contribution in [-0.2, 0) is 21.3 Å². The lowest BCUT2D eigenvalue weighted by Gasteiger charge is -2.33. The van der Waals surface area contributed by atoms with Gasteiger partial charge in [0.05, 0.1) is 4.90 Å². The van der Waals surface area contributed by atoms with Gasteiger partial charge in [0.25, 0.3) is 0 Å². The molecule has 3 N–H and O–H groups in total. The molecule has 0 bridgehead atoms. The van der Waals surface area contributed by atoms with E-state index < -0.39 is 10.0 Å². The second-order valence-corrected chi connectivity index (χ2v) is 7.36. The first-order valence-corrected chi connectivity index (χ1v) is 8.30. The van der Waals surface area contributed by atoms with Crippen molar-refractivity contribution in [1.29, 1.82) is 0 Å². The Labute approximate surface area is 120 Å².